The lowest BCUT2D eigenvalue weighted by Gasteiger charge is -2.07. The van der Waals surface area contributed by atoms with Crippen molar-refractivity contribution in [3.05, 3.63) is 40.0 Å². The van der Waals surface area contributed by atoms with E-state index < -0.39 is 0 Å². The van der Waals surface area contributed by atoms with Crippen molar-refractivity contribution >= 4 is 17.2 Å². The predicted octanol–water partition coefficient (Wildman–Crippen LogP) is 3.44. The van der Waals surface area contributed by atoms with Gasteiger partial charge in [-0.05, 0) is 31.2 Å². The number of nitrogens with one attached hydrogen (secondary N) is 1. The van der Waals surface area contributed by atoms with Crippen LogP contribution in [0.25, 0.3) is 0 Å². The van der Waals surface area contributed by atoms with E-state index in [1.807, 2.05) is 0 Å². The van der Waals surface area contributed by atoms with E-state index in [4.69, 9.17) is 4.98 Å². The minimum absolute atomic E-state index is 0.674. The molecule has 0 aromatic carbocycles. The van der Waals surface area contributed by atoms with Crippen LogP contribution in [0.15, 0.2) is 23.6 Å². The Hall–Kier alpha value is -1.42. The molecule has 0 spiro atoms. The van der Waals surface area contributed by atoms with Gasteiger partial charge in [0.1, 0.15) is 11.6 Å². The number of anilines is 1. The maximum absolute atomic E-state index is 4.71. The fraction of sp³-hybridized carbons (Fsp3) is 0.429. The zero-order valence-corrected chi connectivity index (χ0v) is 11.3. The smallest absolute Gasteiger partial charge is 0.136 e. The van der Waals surface area contributed by atoms with Crippen molar-refractivity contribution in [1.82, 2.24) is 9.97 Å². The zero-order valence-electron chi connectivity index (χ0n) is 10.5. The molecular weight excluding hydrogens is 242 g/mol. The van der Waals surface area contributed by atoms with Gasteiger partial charge in [0.15, 0.2) is 0 Å². The molecule has 1 aliphatic rings. The third-order valence-corrected chi connectivity index (χ3v) is 3.93. The average Bonchev–Trinajstić information content (AvgIpc) is 3.09. The van der Waals surface area contributed by atoms with Crippen molar-refractivity contribution in [2.75, 3.05) is 11.9 Å². The van der Waals surface area contributed by atoms with Gasteiger partial charge in [0.2, 0.25) is 0 Å². The molecule has 3 rings (SSSR count). The van der Waals surface area contributed by atoms with Crippen LogP contribution in [0.4, 0.5) is 5.82 Å². The summed E-state index contributed by atoms with van der Waals surface area (Å²) in [5, 5.41) is 5.41. The molecule has 0 atom stereocenters. The van der Waals surface area contributed by atoms with Crippen LogP contribution in [0.3, 0.4) is 0 Å². The van der Waals surface area contributed by atoms with E-state index in [-0.39, 0.29) is 0 Å². The lowest BCUT2D eigenvalue weighted by atomic mass is 10.2. The monoisotopic (exact) mass is 259 g/mol. The van der Waals surface area contributed by atoms with Gasteiger partial charge >= 0.3 is 0 Å². The molecule has 1 N–H and O–H groups in total. The average molecular weight is 259 g/mol. The van der Waals surface area contributed by atoms with Gasteiger partial charge in [-0.1, -0.05) is 6.07 Å². The SMILES string of the molecule is CCNc1cc(C2CC2)nc(Cc2cccs2)n1. The Morgan fingerprint density at radius 1 is 1.39 bits per heavy atom. The van der Waals surface area contributed by atoms with E-state index >= 15 is 0 Å². The number of thiophene rings is 1. The van der Waals surface area contributed by atoms with Crippen molar-refractivity contribution in [3.63, 3.8) is 0 Å². The van der Waals surface area contributed by atoms with Crippen LogP contribution in [0.2, 0.25) is 0 Å². The maximum Gasteiger partial charge on any atom is 0.136 e. The zero-order chi connectivity index (χ0) is 12.4. The van der Waals surface area contributed by atoms with E-state index in [9.17, 15) is 0 Å². The summed E-state index contributed by atoms with van der Waals surface area (Å²) in [6, 6.07) is 6.33. The third kappa shape index (κ3) is 2.70. The van der Waals surface area contributed by atoms with Crippen molar-refractivity contribution in [1.29, 1.82) is 0 Å². The molecule has 2 aromatic heterocycles. The Bertz CT molecular complexity index is 518. The minimum atomic E-state index is 0.674. The van der Waals surface area contributed by atoms with Crippen molar-refractivity contribution in [3.8, 4) is 0 Å². The molecule has 0 bridgehead atoms. The first-order chi connectivity index (χ1) is 8.85. The van der Waals surface area contributed by atoms with Crippen molar-refractivity contribution in [2.24, 2.45) is 0 Å². The van der Waals surface area contributed by atoms with Crippen LogP contribution in [-0.4, -0.2) is 16.5 Å². The molecule has 2 heterocycles. The lowest BCUT2D eigenvalue weighted by molar-refractivity contribution is 0.903. The molecule has 0 saturated heterocycles. The van der Waals surface area contributed by atoms with Crippen LogP contribution in [0, 0.1) is 0 Å². The van der Waals surface area contributed by atoms with E-state index in [2.05, 4.69) is 40.8 Å². The van der Waals surface area contributed by atoms with Gasteiger partial charge in [-0.3, -0.25) is 0 Å². The summed E-state index contributed by atoms with van der Waals surface area (Å²) in [6.45, 7) is 3.00. The lowest BCUT2D eigenvalue weighted by Crippen LogP contribution is -2.06. The Kier molecular flexibility index (Phi) is 3.28. The van der Waals surface area contributed by atoms with Gasteiger partial charge in [0, 0.05) is 35.5 Å². The van der Waals surface area contributed by atoms with E-state index in [0.717, 1.165) is 24.6 Å². The van der Waals surface area contributed by atoms with Crippen LogP contribution in [0.5, 0.6) is 0 Å². The summed E-state index contributed by atoms with van der Waals surface area (Å²) >= 11 is 1.77. The van der Waals surface area contributed by atoms with Crippen LogP contribution < -0.4 is 5.32 Å². The summed E-state index contributed by atoms with van der Waals surface area (Å²) in [7, 11) is 0. The largest absolute Gasteiger partial charge is 0.370 e. The second-order valence-electron chi connectivity index (χ2n) is 4.66. The van der Waals surface area contributed by atoms with Crippen LogP contribution in [0.1, 0.15) is 42.1 Å². The molecule has 2 aromatic rings. The Morgan fingerprint density at radius 3 is 2.94 bits per heavy atom. The molecule has 1 fully saturated rings. The molecule has 1 saturated carbocycles. The normalized spacial score (nSPS) is 14.7. The number of nitrogens with zero attached hydrogens (tertiary/aromatic N) is 2. The van der Waals surface area contributed by atoms with E-state index in [1.165, 1.54) is 23.4 Å². The first-order valence-corrected chi connectivity index (χ1v) is 7.37. The number of hydrogen-bond donors (Lipinski definition) is 1. The molecule has 1 aliphatic carbocycles. The second kappa shape index (κ2) is 5.06. The summed E-state index contributed by atoms with van der Waals surface area (Å²) in [5.41, 5.74) is 1.22. The van der Waals surface area contributed by atoms with Gasteiger partial charge in [-0.25, -0.2) is 9.97 Å². The molecule has 94 valence electrons. The van der Waals surface area contributed by atoms with Crippen molar-refractivity contribution < 1.29 is 0 Å². The van der Waals surface area contributed by atoms with Crippen LogP contribution >= 0.6 is 11.3 Å². The Balaban J connectivity index is 1.87. The predicted molar refractivity (Wildman–Crippen MR) is 75.3 cm³/mol. The highest BCUT2D eigenvalue weighted by atomic mass is 32.1. The van der Waals surface area contributed by atoms with E-state index in [0.29, 0.717) is 5.92 Å². The van der Waals surface area contributed by atoms with E-state index in [1.54, 1.807) is 11.3 Å². The van der Waals surface area contributed by atoms with Crippen LogP contribution in [-0.2, 0) is 6.42 Å². The highest BCUT2D eigenvalue weighted by molar-refractivity contribution is 7.09. The molecule has 4 heteroatoms. The highest BCUT2D eigenvalue weighted by Crippen LogP contribution is 2.39. The maximum atomic E-state index is 4.71. The molecule has 3 nitrogen and oxygen atoms in total. The molecule has 0 radical (unpaired) electrons. The Morgan fingerprint density at radius 2 is 2.28 bits per heavy atom. The highest BCUT2D eigenvalue weighted by Gasteiger charge is 2.26. The van der Waals surface area contributed by atoms with Gasteiger partial charge in [-0.2, -0.15) is 0 Å². The van der Waals surface area contributed by atoms with Gasteiger partial charge in [-0.15, -0.1) is 11.3 Å². The Labute approximate surface area is 111 Å². The topological polar surface area (TPSA) is 37.8 Å². The fourth-order valence-corrected chi connectivity index (χ4v) is 2.73. The van der Waals surface area contributed by atoms with Crippen molar-refractivity contribution in [2.45, 2.75) is 32.1 Å². The fourth-order valence-electron chi connectivity index (χ4n) is 2.03. The summed E-state index contributed by atoms with van der Waals surface area (Å²) < 4.78 is 0. The quantitative estimate of drug-likeness (QED) is 0.894. The number of rotatable bonds is 5. The third-order valence-electron chi connectivity index (χ3n) is 3.06. The molecule has 0 amide bonds. The standard InChI is InChI=1S/C14H17N3S/c1-2-15-13-9-12(10-5-6-10)16-14(17-13)8-11-4-3-7-18-11/h3-4,7,9-10H,2,5-6,8H2,1H3,(H,15,16,17). The van der Waals surface area contributed by atoms with Gasteiger partial charge < -0.3 is 5.32 Å². The summed E-state index contributed by atoms with van der Waals surface area (Å²) in [6.07, 6.45) is 3.40. The number of hydrogen-bond acceptors (Lipinski definition) is 4. The summed E-state index contributed by atoms with van der Waals surface area (Å²) in [4.78, 5) is 10.6. The summed E-state index contributed by atoms with van der Waals surface area (Å²) in [5.74, 6) is 2.59. The molecular formula is C14H17N3S. The van der Waals surface area contributed by atoms with Gasteiger partial charge in [0.25, 0.3) is 0 Å². The first-order valence-electron chi connectivity index (χ1n) is 6.49. The molecule has 0 unspecified atom stereocenters. The second-order valence-corrected chi connectivity index (χ2v) is 5.69. The molecule has 0 aliphatic heterocycles. The van der Waals surface area contributed by atoms with Gasteiger partial charge in [0.05, 0.1) is 0 Å². The molecule has 18 heavy (non-hydrogen) atoms. The first kappa shape index (κ1) is 11.7. The number of aromatic nitrogens is 2. The minimum Gasteiger partial charge on any atom is -0.370 e.